The normalized spacial score (nSPS) is 12.6. The van der Waals surface area contributed by atoms with E-state index >= 15 is 0 Å². The SMILES string of the molecule is CC.CC.CC.CC.CC.CC.CC.CC.CC(Cc1ccc(N)cc1)CC(C)(C)O.CC(Cc1ccc(N)cc1)CC(C)(C)O.CC(Cc1ccc(N)cc1)CC(C)(C)O.CC(Cc1ccc(N)cc1)CC(C)(C)O.CC(Cc1ccc(N)cc1)CC(C)(C)O.CC(Cc1ccc(N)cc1)CC(C)(C)O.CC(Cc1ccc(N)cc1)CC(C)(C)O.CC(Cc1ccc(N)cc1)CC(C)(C)O. The fraction of sp³-hybridized carbons (Fsp3) is 0.600. The van der Waals surface area contributed by atoms with Crippen molar-refractivity contribution < 1.29 is 40.9 Å². The highest BCUT2D eigenvalue weighted by Crippen LogP contribution is 2.29. The zero-order valence-corrected chi connectivity index (χ0v) is 94.6. The predicted molar refractivity (Wildman–Crippen MR) is 608 cm³/mol. The van der Waals surface area contributed by atoms with Crippen LogP contribution in [0.2, 0.25) is 0 Å². The van der Waals surface area contributed by atoms with E-state index in [1.165, 1.54) is 44.5 Å². The number of nitrogen functional groups attached to an aromatic ring is 8. The van der Waals surface area contributed by atoms with E-state index in [1.54, 1.807) is 0 Å². The molecule has 0 saturated carbocycles. The molecule has 8 aromatic rings. The molecule has 0 amide bonds. The van der Waals surface area contributed by atoms with Gasteiger partial charge in [0.2, 0.25) is 0 Å². The largest absolute Gasteiger partial charge is 0.399 e. The summed E-state index contributed by atoms with van der Waals surface area (Å²) in [6.07, 6.45) is 14.5. The molecule has 24 N–H and O–H groups in total. The highest BCUT2D eigenvalue weighted by molar-refractivity contribution is 5.44. The van der Waals surface area contributed by atoms with Gasteiger partial charge in [-0.1, -0.05) is 263 Å². The van der Waals surface area contributed by atoms with Gasteiger partial charge in [-0.25, -0.2) is 0 Å². The molecule has 0 heterocycles. The van der Waals surface area contributed by atoms with Crippen LogP contribution in [0.4, 0.5) is 45.5 Å². The second-order valence-electron chi connectivity index (χ2n) is 40.5. The van der Waals surface area contributed by atoms with Gasteiger partial charge in [0, 0.05) is 45.5 Å². The molecular weight excluding hydrogens is 1680 g/mol. The fourth-order valence-electron chi connectivity index (χ4n) is 15.8. The average molecular weight is 1900 g/mol. The van der Waals surface area contributed by atoms with E-state index in [-0.39, 0.29) is 0 Å². The van der Waals surface area contributed by atoms with Gasteiger partial charge in [-0.05, 0) is 402 Å². The van der Waals surface area contributed by atoms with E-state index < -0.39 is 44.8 Å². The monoisotopic (exact) mass is 1900 g/mol. The minimum atomic E-state index is -0.576. The number of hydrogen-bond donors (Lipinski definition) is 16. The van der Waals surface area contributed by atoms with E-state index in [1.807, 2.05) is 319 Å². The molecule has 0 aromatic heterocycles. The molecule has 8 unspecified atom stereocenters. The molecule has 0 saturated heterocycles. The summed E-state index contributed by atoms with van der Waals surface area (Å²) in [6, 6.07) is 63.6. The topological polar surface area (TPSA) is 370 Å². The first-order valence-corrected chi connectivity index (χ1v) is 51.5. The number of nitrogens with two attached hydrogens (primary N) is 8. The summed E-state index contributed by atoms with van der Waals surface area (Å²) in [5, 5.41) is 77.5. The molecule has 0 radical (unpaired) electrons. The summed E-state index contributed by atoms with van der Waals surface area (Å²) in [6.45, 7) is 78.9. The Labute approximate surface area is 837 Å². The second kappa shape index (κ2) is 78.6. The molecule has 0 aliphatic heterocycles. The second-order valence-corrected chi connectivity index (χ2v) is 40.5. The predicted octanol–water partition coefficient (Wildman–Crippen LogP) is 29.1. The summed E-state index contributed by atoms with van der Waals surface area (Å²) in [4.78, 5) is 0. The van der Waals surface area contributed by atoms with Crippen LogP contribution in [0.3, 0.4) is 0 Å². The summed E-state index contributed by atoms with van der Waals surface area (Å²) in [5.41, 5.74) is 57.0. The molecule has 8 aromatic carbocycles. The third-order valence-corrected chi connectivity index (χ3v) is 19.3. The average Bonchev–Trinajstić information content (AvgIpc) is 0.927. The molecular formula is C120H216N8O8. The molecule has 16 nitrogen and oxygen atoms in total. The van der Waals surface area contributed by atoms with E-state index in [9.17, 15) is 40.9 Å². The maximum Gasteiger partial charge on any atom is 0.0594 e. The first kappa shape index (κ1) is 143. The van der Waals surface area contributed by atoms with Crippen molar-refractivity contribution in [3.8, 4) is 0 Å². The standard InChI is InChI=1S/8C13H21NO.8C2H6/c8*1-10(9-13(2,3)15)8-11-4-6-12(14)7-5-11;8*1-2/h8*4-7,10,15H,8-9,14H2,1-3H3;8*1-2H3. The van der Waals surface area contributed by atoms with Crippen molar-refractivity contribution in [2.45, 2.75) is 424 Å². The van der Waals surface area contributed by atoms with Gasteiger partial charge in [0.1, 0.15) is 0 Å². The zero-order chi connectivity index (χ0) is 108. The van der Waals surface area contributed by atoms with Gasteiger partial charge in [0.05, 0.1) is 44.8 Å². The first-order valence-electron chi connectivity index (χ1n) is 51.5. The molecule has 0 aliphatic carbocycles. The van der Waals surface area contributed by atoms with Crippen LogP contribution >= 0.6 is 0 Å². The van der Waals surface area contributed by atoms with E-state index in [0.29, 0.717) is 47.3 Å². The maximum atomic E-state index is 9.69. The molecule has 0 aliphatic rings. The number of anilines is 8. The number of hydrogen-bond acceptors (Lipinski definition) is 16. The van der Waals surface area contributed by atoms with E-state index in [2.05, 4.69) is 152 Å². The van der Waals surface area contributed by atoms with E-state index in [4.69, 9.17) is 45.9 Å². The summed E-state index contributed by atoms with van der Waals surface area (Å²) >= 11 is 0. The van der Waals surface area contributed by atoms with Crippen LogP contribution in [0.1, 0.15) is 373 Å². The van der Waals surface area contributed by atoms with E-state index in [0.717, 1.165) is 148 Å². The van der Waals surface area contributed by atoms with Gasteiger partial charge in [-0.3, -0.25) is 0 Å². The first-order chi connectivity index (χ1) is 62.9. The van der Waals surface area contributed by atoms with Crippen LogP contribution in [-0.2, 0) is 51.4 Å². The molecule has 8 rings (SSSR count). The van der Waals surface area contributed by atoms with Crippen LogP contribution < -0.4 is 45.9 Å². The minimum Gasteiger partial charge on any atom is -0.399 e. The third kappa shape index (κ3) is 94.8. The van der Waals surface area contributed by atoms with Crippen molar-refractivity contribution in [1.82, 2.24) is 0 Å². The van der Waals surface area contributed by atoms with Gasteiger partial charge in [0.25, 0.3) is 0 Å². The quantitative estimate of drug-likeness (QED) is 0.0174. The smallest absolute Gasteiger partial charge is 0.0594 e. The lowest BCUT2D eigenvalue weighted by Gasteiger charge is -2.22. The van der Waals surface area contributed by atoms with Gasteiger partial charge in [-0.2, -0.15) is 0 Å². The highest BCUT2D eigenvalue weighted by atomic mass is 16.3. The molecule has 784 valence electrons. The Balaban J connectivity index is -0.000000224. The number of aliphatic hydroxyl groups is 8. The Hall–Kier alpha value is -8.16. The Morgan fingerprint density at radius 3 is 0.257 bits per heavy atom. The third-order valence-electron chi connectivity index (χ3n) is 19.3. The summed E-state index contributed by atoms with van der Waals surface area (Å²) < 4.78 is 0. The van der Waals surface area contributed by atoms with Crippen molar-refractivity contribution in [2.24, 2.45) is 47.3 Å². The molecule has 16 heteroatoms. The van der Waals surface area contributed by atoms with Crippen molar-refractivity contribution in [3.05, 3.63) is 239 Å². The Kier molecular flexibility index (Phi) is 82.8. The van der Waals surface area contributed by atoms with Gasteiger partial charge >= 0.3 is 0 Å². The highest BCUT2D eigenvalue weighted by Gasteiger charge is 2.24. The molecule has 0 spiro atoms. The Bertz CT molecular complexity index is 3170. The van der Waals surface area contributed by atoms with Crippen LogP contribution in [0.25, 0.3) is 0 Å². The van der Waals surface area contributed by atoms with Crippen LogP contribution in [0.15, 0.2) is 194 Å². The van der Waals surface area contributed by atoms with Gasteiger partial charge in [-0.15, -0.1) is 0 Å². The van der Waals surface area contributed by atoms with Crippen molar-refractivity contribution in [2.75, 3.05) is 45.9 Å². The van der Waals surface area contributed by atoms with Crippen molar-refractivity contribution in [3.63, 3.8) is 0 Å². The van der Waals surface area contributed by atoms with Gasteiger partial charge in [0.15, 0.2) is 0 Å². The van der Waals surface area contributed by atoms with Crippen molar-refractivity contribution >= 4 is 45.5 Å². The molecule has 0 fully saturated rings. The molecule has 0 bridgehead atoms. The lowest BCUT2D eigenvalue weighted by Crippen LogP contribution is -2.22. The van der Waals surface area contributed by atoms with Gasteiger partial charge < -0.3 is 86.7 Å². The molecule has 136 heavy (non-hydrogen) atoms. The van der Waals surface area contributed by atoms with Crippen LogP contribution in [0, 0.1) is 47.3 Å². The maximum absolute atomic E-state index is 9.69. The molecule has 8 atom stereocenters. The number of benzene rings is 8. The Morgan fingerprint density at radius 1 is 0.147 bits per heavy atom. The zero-order valence-electron chi connectivity index (χ0n) is 94.6. The van der Waals surface area contributed by atoms with Crippen LogP contribution in [-0.4, -0.2) is 85.7 Å². The lowest BCUT2D eigenvalue weighted by molar-refractivity contribution is 0.0546. The summed E-state index contributed by atoms with van der Waals surface area (Å²) in [7, 11) is 0. The Morgan fingerprint density at radius 2 is 0.206 bits per heavy atom. The number of rotatable bonds is 32. The fourth-order valence-corrected chi connectivity index (χ4v) is 15.8. The minimum absolute atomic E-state index is 0.480. The van der Waals surface area contributed by atoms with Crippen LogP contribution in [0.5, 0.6) is 0 Å². The summed E-state index contributed by atoms with van der Waals surface area (Å²) in [5.74, 6) is 3.84. The lowest BCUT2D eigenvalue weighted by atomic mass is 9.90. The van der Waals surface area contributed by atoms with Crippen molar-refractivity contribution in [1.29, 1.82) is 0 Å².